The highest BCUT2D eigenvalue weighted by molar-refractivity contribution is 7.86. The van der Waals surface area contributed by atoms with E-state index in [4.69, 9.17) is 8.92 Å². The third kappa shape index (κ3) is 6.67. The molecule has 2 aromatic rings. The minimum Gasteiger partial charge on any atom is -0.493 e. The molecule has 1 aromatic heterocycles. The minimum absolute atomic E-state index is 0.0869. The molecule has 1 aliphatic heterocycles. The number of fused-ring (bicyclic) bond motifs is 1. The van der Waals surface area contributed by atoms with Crippen molar-refractivity contribution in [2.45, 2.75) is 44.8 Å². The van der Waals surface area contributed by atoms with Crippen LogP contribution in [0.5, 0.6) is 11.5 Å². The number of halogens is 1. The Labute approximate surface area is 203 Å². The number of ether oxygens (including phenoxy) is 1. The fourth-order valence-corrected chi connectivity index (χ4v) is 4.21. The van der Waals surface area contributed by atoms with Crippen molar-refractivity contribution in [2.24, 2.45) is 0 Å². The molecular formula is C23H29FN4O6S. The molecule has 0 saturated carbocycles. The van der Waals surface area contributed by atoms with Gasteiger partial charge in [0.2, 0.25) is 5.75 Å². The first kappa shape index (κ1) is 26.4. The molecule has 190 valence electrons. The van der Waals surface area contributed by atoms with Crippen LogP contribution < -0.4 is 25.1 Å². The van der Waals surface area contributed by atoms with E-state index in [-0.39, 0.29) is 24.9 Å². The monoisotopic (exact) mass is 508 g/mol. The Hall–Kier alpha value is -3.25. The molecule has 3 rings (SSSR count). The first-order valence-electron chi connectivity index (χ1n) is 11.2. The van der Waals surface area contributed by atoms with Gasteiger partial charge in [0, 0.05) is 24.7 Å². The summed E-state index contributed by atoms with van der Waals surface area (Å²) in [6, 6.07) is 3.59. The number of benzene rings is 1. The second-order valence-electron chi connectivity index (χ2n) is 8.09. The average molecular weight is 509 g/mol. The summed E-state index contributed by atoms with van der Waals surface area (Å²) in [4.78, 5) is 30.7. The summed E-state index contributed by atoms with van der Waals surface area (Å²) in [6.45, 7) is 4.12. The average Bonchev–Trinajstić information content (AvgIpc) is 3.01. The molecule has 0 spiro atoms. The number of hydrogen-bond acceptors (Lipinski definition) is 8. The lowest BCUT2D eigenvalue weighted by atomic mass is 10.1. The van der Waals surface area contributed by atoms with E-state index in [9.17, 15) is 22.4 Å². The summed E-state index contributed by atoms with van der Waals surface area (Å²) < 4.78 is 49.3. The molecule has 35 heavy (non-hydrogen) atoms. The number of nitrogens with zero attached hydrogens (tertiary/aromatic N) is 2. The van der Waals surface area contributed by atoms with Gasteiger partial charge in [0.1, 0.15) is 17.4 Å². The first-order chi connectivity index (χ1) is 16.6. The lowest BCUT2D eigenvalue weighted by Gasteiger charge is -2.19. The quantitative estimate of drug-likeness (QED) is 0.284. The van der Waals surface area contributed by atoms with Crippen LogP contribution in [-0.2, 0) is 23.2 Å². The number of amides is 1. The van der Waals surface area contributed by atoms with Gasteiger partial charge in [0.25, 0.3) is 11.5 Å². The van der Waals surface area contributed by atoms with E-state index >= 15 is 0 Å². The van der Waals surface area contributed by atoms with Crippen molar-refractivity contribution < 1.29 is 26.5 Å². The van der Waals surface area contributed by atoms with Crippen LogP contribution in [0.3, 0.4) is 0 Å². The molecule has 10 nitrogen and oxygen atoms in total. The lowest BCUT2D eigenvalue weighted by molar-refractivity contribution is 0.0942. The normalized spacial score (nSPS) is 15.6. The third-order valence-electron chi connectivity index (χ3n) is 5.44. The second-order valence-corrected chi connectivity index (χ2v) is 9.66. The van der Waals surface area contributed by atoms with Gasteiger partial charge in [0.15, 0.2) is 5.69 Å². The Morgan fingerprint density at radius 1 is 1.37 bits per heavy atom. The molecule has 2 N–H and O–H groups in total. The van der Waals surface area contributed by atoms with Crippen LogP contribution in [0.4, 0.5) is 4.39 Å². The molecule has 0 radical (unpaired) electrons. The van der Waals surface area contributed by atoms with E-state index in [1.165, 1.54) is 22.8 Å². The third-order valence-corrected chi connectivity index (χ3v) is 5.91. The van der Waals surface area contributed by atoms with Gasteiger partial charge in [-0.2, -0.15) is 8.42 Å². The molecule has 1 unspecified atom stereocenters. The summed E-state index contributed by atoms with van der Waals surface area (Å²) in [5, 5.41) is 5.69. The van der Waals surface area contributed by atoms with E-state index < -0.39 is 38.8 Å². The van der Waals surface area contributed by atoms with Crippen molar-refractivity contribution in [2.75, 3.05) is 19.9 Å². The number of carbonyl (C=O) groups excluding carboxylic acids is 1. The van der Waals surface area contributed by atoms with Gasteiger partial charge in [-0.3, -0.25) is 14.2 Å². The van der Waals surface area contributed by atoms with E-state index in [1.807, 2.05) is 0 Å². The molecule has 0 saturated heterocycles. The van der Waals surface area contributed by atoms with E-state index in [0.29, 0.717) is 37.2 Å². The van der Waals surface area contributed by atoms with E-state index in [0.717, 1.165) is 12.7 Å². The largest absolute Gasteiger partial charge is 0.493 e. The van der Waals surface area contributed by atoms with Crippen molar-refractivity contribution in [3.8, 4) is 11.5 Å². The van der Waals surface area contributed by atoms with Gasteiger partial charge in [-0.05, 0) is 38.8 Å². The highest BCUT2D eigenvalue weighted by Gasteiger charge is 2.29. The summed E-state index contributed by atoms with van der Waals surface area (Å²) in [6.07, 6.45) is 5.19. The molecule has 0 bridgehead atoms. The fourth-order valence-electron chi connectivity index (χ4n) is 3.76. The Morgan fingerprint density at radius 2 is 2.14 bits per heavy atom. The summed E-state index contributed by atoms with van der Waals surface area (Å²) in [5.41, 5.74) is -0.706. The van der Waals surface area contributed by atoms with Gasteiger partial charge in [-0.15, -0.1) is 6.58 Å². The van der Waals surface area contributed by atoms with Crippen molar-refractivity contribution in [1.82, 2.24) is 20.2 Å². The zero-order chi connectivity index (χ0) is 25.6. The predicted molar refractivity (Wildman–Crippen MR) is 127 cm³/mol. The number of carbonyl (C=O) groups is 1. The van der Waals surface area contributed by atoms with Crippen molar-refractivity contribution in [3.05, 3.63) is 64.1 Å². The van der Waals surface area contributed by atoms with E-state index in [2.05, 4.69) is 22.2 Å². The van der Waals surface area contributed by atoms with Crippen LogP contribution in [0, 0.1) is 5.82 Å². The highest BCUT2D eigenvalue weighted by atomic mass is 32.2. The molecular weight excluding hydrogens is 479 g/mol. The van der Waals surface area contributed by atoms with Crippen LogP contribution in [0.25, 0.3) is 0 Å². The summed E-state index contributed by atoms with van der Waals surface area (Å²) >= 11 is 0. The molecule has 1 atom stereocenters. The van der Waals surface area contributed by atoms with Crippen LogP contribution >= 0.6 is 0 Å². The number of nitrogens with one attached hydrogen (secondary N) is 2. The Kier molecular flexibility index (Phi) is 8.62. The molecule has 0 fully saturated rings. The Morgan fingerprint density at radius 3 is 2.83 bits per heavy atom. The summed E-state index contributed by atoms with van der Waals surface area (Å²) in [5.74, 6) is -1.41. The first-order valence-corrected chi connectivity index (χ1v) is 13.0. The summed E-state index contributed by atoms with van der Waals surface area (Å²) in [7, 11) is -2.40. The fraction of sp³-hybridized carbons (Fsp3) is 0.435. The second kappa shape index (κ2) is 11.5. The highest BCUT2D eigenvalue weighted by Crippen LogP contribution is 2.25. The Balaban J connectivity index is 1.97. The lowest BCUT2D eigenvalue weighted by Crippen LogP contribution is -2.35. The Bertz CT molecular complexity index is 1260. The zero-order valence-corrected chi connectivity index (χ0v) is 20.5. The van der Waals surface area contributed by atoms with Crippen LogP contribution in [0.1, 0.15) is 53.6 Å². The smallest absolute Gasteiger partial charge is 0.306 e. The van der Waals surface area contributed by atoms with Crippen molar-refractivity contribution in [1.29, 1.82) is 0 Å². The maximum Gasteiger partial charge on any atom is 0.306 e. The minimum atomic E-state index is -4.12. The topological polar surface area (TPSA) is 129 Å². The molecule has 0 aliphatic carbocycles. The maximum atomic E-state index is 13.7. The van der Waals surface area contributed by atoms with Gasteiger partial charge >= 0.3 is 10.1 Å². The SMILES string of the molecule is C=CCCOc1cc(F)ccc1CNC(=O)c1nc2n(c(=O)c1OS(C)(=O)=O)CCCCC2NC. The van der Waals surface area contributed by atoms with Crippen molar-refractivity contribution >= 4 is 16.0 Å². The number of aromatic nitrogens is 2. The van der Waals surface area contributed by atoms with Gasteiger partial charge < -0.3 is 19.6 Å². The molecule has 12 heteroatoms. The van der Waals surface area contributed by atoms with Gasteiger partial charge in [0.05, 0.1) is 18.9 Å². The van der Waals surface area contributed by atoms with E-state index in [1.54, 1.807) is 13.1 Å². The zero-order valence-electron chi connectivity index (χ0n) is 19.7. The molecule has 1 amide bonds. The maximum absolute atomic E-state index is 13.7. The van der Waals surface area contributed by atoms with Crippen LogP contribution in [0.15, 0.2) is 35.6 Å². The predicted octanol–water partition coefficient (Wildman–Crippen LogP) is 2.05. The van der Waals surface area contributed by atoms with Gasteiger partial charge in [-0.1, -0.05) is 12.1 Å². The van der Waals surface area contributed by atoms with Crippen molar-refractivity contribution in [3.63, 3.8) is 0 Å². The standard InChI is InChI=1S/C23H29FN4O6S/c1-4-5-12-33-18-13-16(24)10-9-15(18)14-26-22(29)19-20(34-35(3,31)32)23(30)28-11-7-6-8-17(25-2)21(28)27-19/h4,9-10,13,17,25H,1,5-8,11-12,14H2,2-3H3,(H,26,29). The van der Waals surface area contributed by atoms with Crippen LogP contribution in [-0.4, -0.2) is 43.8 Å². The molecule has 2 heterocycles. The van der Waals surface area contributed by atoms with Gasteiger partial charge in [-0.25, -0.2) is 9.37 Å². The number of hydrogen-bond donors (Lipinski definition) is 2. The number of rotatable bonds is 10. The molecule has 1 aliphatic rings. The van der Waals surface area contributed by atoms with Crippen LogP contribution in [0.2, 0.25) is 0 Å². The molecule has 1 aromatic carbocycles.